The van der Waals surface area contributed by atoms with Gasteiger partial charge in [0.25, 0.3) is 0 Å². The van der Waals surface area contributed by atoms with E-state index in [9.17, 15) is 0 Å². The first-order valence-electron chi connectivity index (χ1n) is 15.1. The maximum Gasteiger partial charge on any atom is 0.179 e. The fourth-order valence-corrected chi connectivity index (χ4v) is 12.5. The van der Waals surface area contributed by atoms with Crippen molar-refractivity contribution < 1.29 is 0 Å². The van der Waals surface area contributed by atoms with Gasteiger partial charge in [0.2, 0.25) is 0 Å². The number of hydrogen-bond acceptors (Lipinski definition) is 0. The van der Waals surface area contributed by atoms with E-state index >= 15 is 0 Å². The molecule has 0 N–H and O–H groups in total. The summed E-state index contributed by atoms with van der Waals surface area (Å²) in [6.07, 6.45) is 0. The van der Waals surface area contributed by atoms with Crippen LogP contribution in [0.25, 0.3) is 43.4 Å². The van der Waals surface area contributed by atoms with E-state index in [2.05, 4.69) is 192 Å². The smallest absolute Gasteiger partial charge is 0.0623 e. The lowest BCUT2D eigenvalue weighted by Crippen LogP contribution is -2.74. The van der Waals surface area contributed by atoms with Crippen LogP contribution in [0.5, 0.6) is 0 Å². The van der Waals surface area contributed by atoms with Gasteiger partial charge in [0.1, 0.15) is 0 Å². The van der Waals surface area contributed by atoms with Crippen LogP contribution < -0.4 is 20.7 Å². The van der Waals surface area contributed by atoms with Gasteiger partial charge in [-0.2, -0.15) is 0 Å². The highest BCUT2D eigenvalue weighted by Crippen LogP contribution is 2.42. The second-order valence-electron chi connectivity index (χ2n) is 11.4. The highest BCUT2D eigenvalue weighted by atomic mass is 79.9. The van der Waals surface area contributed by atoms with Crippen LogP contribution in [-0.2, 0) is 0 Å². The van der Waals surface area contributed by atoms with Crippen LogP contribution in [0.4, 0.5) is 0 Å². The predicted octanol–water partition coefficient (Wildman–Crippen LogP) is 8.95. The molecule has 0 amide bonds. The molecule has 0 bridgehead atoms. The third kappa shape index (κ3) is 4.25. The van der Waals surface area contributed by atoms with Crippen LogP contribution in [0.15, 0.2) is 180 Å². The predicted molar refractivity (Wildman–Crippen MR) is 196 cm³/mol. The highest BCUT2D eigenvalue weighted by Gasteiger charge is 2.41. The molecule has 44 heavy (non-hydrogen) atoms. The molecule has 0 saturated heterocycles. The van der Waals surface area contributed by atoms with Crippen molar-refractivity contribution in [2.24, 2.45) is 0 Å². The van der Waals surface area contributed by atoms with Crippen LogP contribution in [-0.4, -0.2) is 8.07 Å². The Kier molecular flexibility index (Phi) is 6.75. The van der Waals surface area contributed by atoms with Gasteiger partial charge in [-0.05, 0) is 86.2 Å². The Morgan fingerprint density at radius 1 is 0.341 bits per heavy atom. The van der Waals surface area contributed by atoms with E-state index < -0.39 is 8.07 Å². The zero-order chi connectivity index (χ0) is 29.5. The number of benzene rings is 8. The summed E-state index contributed by atoms with van der Waals surface area (Å²) in [6, 6.07) is 65.1. The van der Waals surface area contributed by atoms with Gasteiger partial charge < -0.3 is 0 Å². The molecule has 0 radical (unpaired) electrons. The average Bonchev–Trinajstić information content (AvgIpc) is 3.10. The zero-order valence-electron chi connectivity index (χ0n) is 24.1. The zero-order valence-corrected chi connectivity index (χ0v) is 26.7. The summed E-state index contributed by atoms with van der Waals surface area (Å²) in [5.74, 6) is 0. The molecule has 0 atom stereocenters. The molecular weight excluding hydrogens is 612 g/mol. The number of fused-ring (bicyclic) bond motifs is 3. The van der Waals surface area contributed by atoms with Crippen molar-refractivity contribution in [1.82, 2.24) is 0 Å². The van der Waals surface area contributed by atoms with Gasteiger partial charge in [-0.25, -0.2) is 0 Å². The molecule has 0 nitrogen and oxygen atoms in total. The summed E-state index contributed by atoms with van der Waals surface area (Å²) in [5, 5.41) is 13.0. The van der Waals surface area contributed by atoms with E-state index in [1.54, 1.807) is 0 Å². The Labute approximate surface area is 267 Å². The standard InChI is InChI=1S/C42H29BrSi/c43-42-38-23-13-12-22-37(38)41(32-25-24-30-14-10-11-15-31(30)28-32)40-29-36(26-27-39(40)42)44(33-16-4-1-5-17-33,34-18-6-2-7-19-34)35-20-8-3-9-21-35/h1-29H. The molecule has 0 saturated carbocycles. The van der Waals surface area contributed by atoms with Gasteiger partial charge in [-0.15, -0.1) is 0 Å². The molecule has 0 fully saturated rings. The largest absolute Gasteiger partial charge is 0.179 e. The van der Waals surface area contributed by atoms with Crippen molar-refractivity contribution >= 4 is 77.1 Å². The molecule has 208 valence electrons. The van der Waals surface area contributed by atoms with Crippen molar-refractivity contribution in [3.63, 3.8) is 0 Å². The lowest BCUT2D eigenvalue weighted by molar-refractivity contribution is 1.67. The molecule has 0 aromatic heterocycles. The summed E-state index contributed by atoms with van der Waals surface area (Å²) in [4.78, 5) is 0. The van der Waals surface area contributed by atoms with Crippen molar-refractivity contribution in [2.75, 3.05) is 0 Å². The molecule has 8 aromatic carbocycles. The van der Waals surface area contributed by atoms with Gasteiger partial charge in [-0.3, -0.25) is 0 Å². The quantitative estimate of drug-likeness (QED) is 0.100. The van der Waals surface area contributed by atoms with Crippen molar-refractivity contribution in [1.29, 1.82) is 0 Å². The lowest BCUT2D eigenvalue weighted by Gasteiger charge is -2.34. The summed E-state index contributed by atoms with van der Waals surface area (Å²) in [7, 11) is -2.68. The van der Waals surface area contributed by atoms with E-state index in [0.29, 0.717) is 0 Å². The van der Waals surface area contributed by atoms with Crippen LogP contribution >= 0.6 is 15.9 Å². The average molecular weight is 642 g/mol. The second-order valence-corrected chi connectivity index (χ2v) is 16.0. The van der Waals surface area contributed by atoms with E-state index in [-0.39, 0.29) is 0 Å². The first kappa shape index (κ1) is 26.8. The van der Waals surface area contributed by atoms with Crippen LogP contribution in [0.3, 0.4) is 0 Å². The Morgan fingerprint density at radius 3 is 1.45 bits per heavy atom. The third-order valence-electron chi connectivity index (χ3n) is 9.05. The first-order chi connectivity index (χ1) is 21.7. The van der Waals surface area contributed by atoms with Crippen molar-refractivity contribution in [3.05, 3.63) is 180 Å². The number of halogens is 1. The van der Waals surface area contributed by atoms with Crippen LogP contribution in [0.1, 0.15) is 0 Å². The minimum Gasteiger partial charge on any atom is -0.0623 e. The summed E-state index contributed by atoms with van der Waals surface area (Å²) < 4.78 is 1.14. The summed E-state index contributed by atoms with van der Waals surface area (Å²) >= 11 is 4.05. The molecule has 2 heteroatoms. The fourth-order valence-electron chi connectivity index (χ4n) is 7.08. The second kappa shape index (κ2) is 11.1. The molecule has 0 aliphatic rings. The first-order valence-corrected chi connectivity index (χ1v) is 17.8. The number of hydrogen-bond donors (Lipinski definition) is 0. The lowest BCUT2D eigenvalue weighted by atomic mass is 9.91. The van der Waals surface area contributed by atoms with Crippen LogP contribution in [0.2, 0.25) is 0 Å². The van der Waals surface area contributed by atoms with E-state index in [4.69, 9.17) is 0 Å². The van der Waals surface area contributed by atoms with Gasteiger partial charge in [0, 0.05) is 4.47 Å². The molecule has 0 aliphatic heterocycles. The molecule has 0 unspecified atom stereocenters. The van der Waals surface area contributed by atoms with Crippen molar-refractivity contribution in [2.45, 2.75) is 0 Å². The normalized spacial score (nSPS) is 11.8. The molecule has 0 heterocycles. The number of rotatable bonds is 5. The Balaban J connectivity index is 1.53. The van der Waals surface area contributed by atoms with Crippen LogP contribution in [0, 0.1) is 0 Å². The summed E-state index contributed by atoms with van der Waals surface area (Å²) in [6.45, 7) is 0. The summed E-state index contributed by atoms with van der Waals surface area (Å²) in [5.41, 5.74) is 2.52. The van der Waals surface area contributed by atoms with E-state index in [0.717, 1.165) is 4.47 Å². The fraction of sp³-hybridized carbons (Fsp3) is 0. The Bertz CT molecular complexity index is 2180. The molecular formula is C42H29BrSi. The minimum absolute atomic E-state index is 1.14. The topological polar surface area (TPSA) is 0 Å². The monoisotopic (exact) mass is 640 g/mol. The Morgan fingerprint density at radius 2 is 0.841 bits per heavy atom. The maximum absolute atomic E-state index is 4.05. The SMILES string of the molecule is Brc1c2ccccc2c(-c2ccc3ccccc3c2)c2cc([Si](c3ccccc3)(c3ccccc3)c3ccccc3)ccc12. The van der Waals surface area contributed by atoms with E-state index in [1.165, 1.54) is 64.2 Å². The maximum atomic E-state index is 4.05. The molecule has 8 aromatic rings. The third-order valence-corrected chi connectivity index (χ3v) is 14.7. The van der Waals surface area contributed by atoms with Gasteiger partial charge in [-0.1, -0.05) is 170 Å². The van der Waals surface area contributed by atoms with Crippen molar-refractivity contribution in [3.8, 4) is 11.1 Å². The van der Waals surface area contributed by atoms with Gasteiger partial charge in [0.05, 0.1) is 0 Å². The highest BCUT2D eigenvalue weighted by molar-refractivity contribution is 9.10. The molecule has 0 aliphatic carbocycles. The van der Waals surface area contributed by atoms with E-state index in [1.807, 2.05) is 0 Å². The minimum atomic E-state index is -2.68. The van der Waals surface area contributed by atoms with Gasteiger partial charge in [0.15, 0.2) is 8.07 Å². The van der Waals surface area contributed by atoms with Gasteiger partial charge >= 0.3 is 0 Å². The molecule has 0 spiro atoms. The Hall–Kier alpha value is -4.76. The molecule has 8 rings (SSSR count).